The van der Waals surface area contributed by atoms with Gasteiger partial charge in [0.25, 0.3) is 0 Å². The molecule has 3 aromatic rings. The molecule has 30 heavy (non-hydrogen) atoms. The van der Waals surface area contributed by atoms with Crippen molar-refractivity contribution in [2.24, 2.45) is 5.92 Å². The SMILES string of the molecule is C=C(C)[C@H]1COc2c(C)cc3oc4c(CC=C(C)C)ccc(O)c4c(=O)c3c2[C@@H]1O. The van der Waals surface area contributed by atoms with Crippen LogP contribution in [0.3, 0.4) is 0 Å². The Labute approximate surface area is 174 Å². The van der Waals surface area contributed by atoms with Gasteiger partial charge in [-0.15, -0.1) is 0 Å². The maximum Gasteiger partial charge on any atom is 0.204 e. The van der Waals surface area contributed by atoms with Gasteiger partial charge in [-0.3, -0.25) is 4.79 Å². The Kier molecular flexibility index (Phi) is 4.94. The Morgan fingerprint density at radius 3 is 2.67 bits per heavy atom. The van der Waals surface area contributed by atoms with Crippen LogP contribution in [0.15, 0.2) is 51.2 Å². The van der Waals surface area contributed by atoms with Gasteiger partial charge in [-0.1, -0.05) is 29.9 Å². The molecule has 0 spiro atoms. The summed E-state index contributed by atoms with van der Waals surface area (Å²) in [6.45, 7) is 12.0. The van der Waals surface area contributed by atoms with Gasteiger partial charge in [0, 0.05) is 11.5 Å². The number of benzene rings is 2. The summed E-state index contributed by atoms with van der Waals surface area (Å²) in [6, 6.07) is 5.05. The first kappa shape index (κ1) is 20.2. The van der Waals surface area contributed by atoms with Crippen LogP contribution in [-0.2, 0) is 6.42 Å². The zero-order chi connectivity index (χ0) is 21.7. The summed E-state index contributed by atoms with van der Waals surface area (Å²) < 4.78 is 12.1. The van der Waals surface area contributed by atoms with Crippen LogP contribution in [-0.4, -0.2) is 16.8 Å². The number of hydrogen-bond acceptors (Lipinski definition) is 5. The summed E-state index contributed by atoms with van der Waals surface area (Å²) in [6.07, 6.45) is 1.69. The minimum absolute atomic E-state index is 0.123. The zero-order valence-electron chi connectivity index (χ0n) is 17.7. The van der Waals surface area contributed by atoms with E-state index in [0.29, 0.717) is 35.5 Å². The fraction of sp³-hybridized carbons (Fsp3) is 0.320. The molecule has 1 aliphatic heterocycles. The third kappa shape index (κ3) is 3.10. The van der Waals surface area contributed by atoms with Crippen LogP contribution in [0.2, 0.25) is 0 Å². The van der Waals surface area contributed by atoms with E-state index in [-0.39, 0.29) is 27.9 Å². The van der Waals surface area contributed by atoms with E-state index >= 15 is 0 Å². The van der Waals surface area contributed by atoms with Crippen molar-refractivity contribution in [3.63, 3.8) is 0 Å². The molecule has 4 rings (SSSR count). The summed E-state index contributed by atoms with van der Waals surface area (Å²) in [4.78, 5) is 13.6. The molecule has 1 aromatic heterocycles. The van der Waals surface area contributed by atoms with Crippen LogP contribution in [0.5, 0.6) is 11.5 Å². The largest absolute Gasteiger partial charge is 0.507 e. The smallest absolute Gasteiger partial charge is 0.204 e. The van der Waals surface area contributed by atoms with E-state index in [1.54, 1.807) is 12.1 Å². The van der Waals surface area contributed by atoms with Crippen LogP contribution >= 0.6 is 0 Å². The molecule has 0 saturated heterocycles. The van der Waals surface area contributed by atoms with E-state index in [0.717, 1.165) is 22.3 Å². The van der Waals surface area contributed by atoms with Gasteiger partial charge in [0.05, 0.1) is 18.1 Å². The molecule has 0 radical (unpaired) electrons. The number of allylic oxidation sites excluding steroid dienone is 2. The van der Waals surface area contributed by atoms with Crippen molar-refractivity contribution in [3.05, 3.63) is 68.9 Å². The average Bonchev–Trinajstić information content (AvgIpc) is 2.67. The molecule has 0 unspecified atom stereocenters. The van der Waals surface area contributed by atoms with E-state index in [1.165, 1.54) is 6.07 Å². The van der Waals surface area contributed by atoms with Crippen molar-refractivity contribution in [1.82, 2.24) is 0 Å². The normalized spacial score (nSPS) is 18.2. The monoisotopic (exact) mass is 406 g/mol. The van der Waals surface area contributed by atoms with Gasteiger partial charge in [-0.2, -0.15) is 0 Å². The van der Waals surface area contributed by atoms with Crippen molar-refractivity contribution >= 4 is 21.9 Å². The standard InChI is InChI=1S/C25H26O5/c1-12(2)6-7-15-8-9-17(26)19-23(28)20-18(30-25(15)19)10-14(5)24-21(20)22(27)16(11-29-24)13(3)4/h6,8-10,16,22,26-27H,3,7,11H2,1-2,4-5H3/t16-,22-/m1/s1. The van der Waals surface area contributed by atoms with Crippen molar-refractivity contribution in [3.8, 4) is 11.5 Å². The minimum Gasteiger partial charge on any atom is -0.507 e. The molecule has 156 valence electrons. The first-order valence-electron chi connectivity index (χ1n) is 10.0. The maximum absolute atomic E-state index is 13.6. The van der Waals surface area contributed by atoms with E-state index < -0.39 is 6.10 Å². The number of phenolic OH excluding ortho intramolecular Hbond substituents is 1. The topological polar surface area (TPSA) is 79.9 Å². The van der Waals surface area contributed by atoms with Gasteiger partial charge >= 0.3 is 0 Å². The van der Waals surface area contributed by atoms with Crippen LogP contribution in [0, 0.1) is 12.8 Å². The molecule has 5 nitrogen and oxygen atoms in total. The number of aromatic hydroxyl groups is 1. The molecule has 0 amide bonds. The third-order valence-electron chi connectivity index (χ3n) is 5.80. The van der Waals surface area contributed by atoms with Gasteiger partial charge in [-0.05, 0) is 57.4 Å². The Balaban J connectivity index is 2.10. The highest BCUT2D eigenvalue weighted by Gasteiger charge is 2.34. The summed E-state index contributed by atoms with van der Waals surface area (Å²) in [5, 5.41) is 22.0. The fourth-order valence-electron chi connectivity index (χ4n) is 4.12. The third-order valence-corrected chi connectivity index (χ3v) is 5.80. The van der Waals surface area contributed by atoms with E-state index in [1.807, 2.05) is 33.8 Å². The van der Waals surface area contributed by atoms with Crippen molar-refractivity contribution < 1.29 is 19.4 Å². The number of aliphatic hydroxyl groups is 1. The van der Waals surface area contributed by atoms with Crippen molar-refractivity contribution in [2.75, 3.05) is 6.61 Å². The summed E-state index contributed by atoms with van der Waals surface area (Å²) in [5.41, 5.74) is 4.30. The predicted molar refractivity (Wildman–Crippen MR) is 118 cm³/mol. The lowest BCUT2D eigenvalue weighted by atomic mass is 9.85. The number of fused-ring (bicyclic) bond motifs is 4. The Morgan fingerprint density at radius 1 is 1.27 bits per heavy atom. The lowest BCUT2D eigenvalue weighted by Crippen LogP contribution is -2.28. The molecule has 0 fully saturated rings. The number of aliphatic hydroxyl groups excluding tert-OH is 1. The van der Waals surface area contributed by atoms with Crippen molar-refractivity contribution in [2.45, 2.75) is 40.2 Å². The fourth-order valence-corrected chi connectivity index (χ4v) is 4.12. The first-order chi connectivity index (χ1) is 14.2. The summed E-state index contributed by atoms with van der Waals surface area (Å²) in [7, 11) is 0. The lowest BCUT2D eigenvalue weighted by molar-refractivity contribution is 0.0701. The summed E-state index contributed by atoms with van der Waals surface area (Å²) >= 11 is 0. The number of ether oxygens (including phenoxy) is 1. The van der Waals surface area contributed by atoms with Gasteiger partial charge < -0.3 is 19.4 Å². The highest BCUT2D eigenvalue weighted by atomic mass is 16.5. The van der Waals surface area contributed by atoms with Gasteiger partial charge in [-0.25, -0.2) is 0 Å². The molecule has 0 saturated carbocycles. The van der Waals surface area contributed by atoms with E-state index in [4.69, 9.17) is 9.15 Å². The second-order valence-corrected chi connectivity index (χ2v) is 8.38. The lowest BCUT2D eigenvalue weighted by Gasteiger charge is -2.32. The number of phenols is 1. The molecule has 2 N–H and O–H groups in total. The highest BCUT2D eigenvalue weighted by molar-refractivity contribution is 5.97. The quantitative estimate of drug-likeness (QED) is 0.468. The molecule has 2 aromatic carbocycles. The van der Waals surface area contributed by atoms with Crippen LogP contribution < -0.4 is 10.2 Å². The molecular weight excluding hydrogens is 380 g/mol. The number of rotatable bonds is 3. The van der Waals surface area contributed by atoms with Gasteiger partial charge in [0.2, 0.25) is 5.43 Å². The molecule has 5 heteroatoms. The maximum atomic E-state index is 13.6. The molecule has 2 heterocycles. The highest BCUT2D eigenvalue weighted by Crippen LogP contribution is 2.44. The molecule has 2 atom stereocenters. The summed E-state index contributed by atoms with van der Waals surface area (Å²) in [5.74, 6) is 0.0353. The average molecular weight is 406 g/mol. The van der Waals surface area contributed by atoms with Gasteiger partial charge in [0.15, 0.2) is 0 Å². The second-order valence-electron chi connectivity index (χ2n) is 8.38. The molecule has 1 aliphatic rings. The Morgan fingerprint density at radius 2 is 2.00 bits per heavy atom. The van der Waals surface area contributed by atoms with E-state index in [9.17, 15) is 15.0 Å². The van der Waals surface area contributed by atoms with Gasteiger partial charge in [0.1, 0.15) is 28.1 Å². The zero-order valence-corrected chi connectivity index (χ0v) is 17.7. The minimum atomic E-state index is -0.940. The van der Waals surface area contributed by atoms with Crippen LogP contribution in [0.4, 0.5) is 0 Å². The number of hydrogen-bond donors (Lipinski definition) is 2. The Bertz CT molecular complexity index is 1270. The van der Waals surface area contributed by atoms with E-state index in [2.05, 4.69) is 6.58 Å². The van der Waals surface area contributed by atoms with Crippen LogP contribution in [0.1, 0.15) is 43.6 Å². The van der Waals surface area contributed by atoms with Crippen molar-refractivity contribution in [1.29, 1.82) is 0 Å². The molecule has 0 aliphatic carbocycles. The predicted octanol–water partition coefficient (Wildman–Crippen LogP) is 5.09. The second kappa shape index (κ2) is 7.33. The number of aryl methyl sites for hydroxylation is 1. The first-order valence-corrected chi connectivity index (χ1v) is 10.0. The molecular formula is C25H26O5. The van der Waals surface area contributed by atoms with Crippen LogP contribution in [0.25, 0.3) is 21.9 Å². The Hall–Kier alpha value is -3.05. The molecule has 0 bridgehead atoms.